The molecule has 3 aromatic carbocycles. The average Bonchev–Trinajstić information content (AvgIpc) is 3.19. The van der Waals surface area contributed by atoms with E-state index in [1.807, 2.05) is 54.6 Å². The third-order valence-electron chi connectivity index (χ3n) is 4.13. The maximum Gasteiger partial charge on any atom is 0.251 e. The van der Waals surface area contributed by atoms with Crippen LogP contribution in [0.25, 0.3) is 0 Å². The smallest absolute Gasteiger partial charge is 0.251 e. The Balaban J connectivity index is 1.68. The maximum absolute atomic E-state index is 13.1. The summed E-state index contributed by atoms with van der Waals surface area (Å²) in [5, 5.41) is 23.1. The number of nitrogens with one attached hydrogen (secondary N) is 1. The van der Waals surface area contributed by atoms with Crippen LogP contribution in [0.1, 0.15) is 15.4 Å². The van der Waals surface area contributed by atoms with Crippen molar-refractivity contribution in [2.75, 3.05) is 5.43 Å². The first-order chi connectivity index (χ1) is 15.2. The number of carbonyl (C=O) groups excluding carboxylic acids is 1. The molecule has 0 fully saturated rings. The molecule has 0 radical (unpaired) electrons. The highest BCUT2D eigenvalue weighted by molar-refractivity contribution is 7.18. The van der Waals surface area contributed by atoms with Gasteiger partial charge in [0.15, 0.2) is 10.7 Å². The van der Waals surface area contributed by atoms with Gasteiger partial charge in [0.1, 0.15) is 0 Å². The number of hydrazone groups is 1. The first-order valence-corrected chi connectivity index (χ1v) is 10.2. The van der Waals surface area contributed by atoms with Crippen LogP contribution in [0, 0.1) is 0 Å². The number of rotatable bonds is 7. The maximum atomic E-state index is 13.1. The van der Waals surface area contributed by atoms with E-state index in [0.29, 0.717) is 16.9 Å². The summed E-state index contributed by atoms with van der Waals surface area (Å²) in [5.41, 5.74) is 4.75. The Labute approximate surface area is 182 Å². The molecule has 8 heteroatoms. The number of Topliss-reactive ketones (excluding diaryl/α,β-unsaturated/α-hetero) is 1. The summed E-state index contributed by atoms with van der Waals surface area (Å²) in [4.78, 5) is 17.2. The van der Waals surface area contributed by atoms with Gasteiger partial charge < -0.3 is 5.11 Å². The summed E-state index contributed by atoms with van der Waals surface area (Å²) in [6.07, 6.45) is 0. The third kappa shape index (κ3) is 5.06. The fraction of sp³-hybridized carbons (Fsp3) is 0. The second-order valence-electron chi connectivity index (χ2n) is 6.32. The quantitative estimate of drug-likeness (QED) is 0.164. The van der Waals surface area contributed by atoms with Crippen molar-refractivity contribution in [1.82, 2.24) is 4.98 Å². The van der Waals surface area contributed by atoms with Gasteiger partial charge >= 0.3 is 0 Å². The highest BCUT2D eigenvalue weighted by Crippen LogP contribution is 2.35. The van der Waals surface area contributed by atoms with Crippen LogP contribution in [0.15, 0.2) is 106 Å². The molecule has 31 heavy (non-hydrogen) atoms. The van der Waals surface area contributed by atoms with Crippen molar-refractivity contribution in [2.45, 2.75) is 0 Å². The zero-order valence-corrected chi connectivity index (χ0v) is 17.0. The van der Waals surface area contributed by atoms with Gasteiger partial charge in [-0.25, -0.2) is 0 Å². The van der Waals surface area contributed by atoms with Crippen LogP contribution in [0.5, 0.6) is 5.88 Å². The van der Waals surface area contributed by atoms with Gasteiger partial charge in [-0.05, 0) is 24.3 Å². The highest BCUT2D eigenvalue weighted by Gasteiger charge is 2.22. The summed E-state index contributed by atoms with van der Waals surface area (Å²) in [6, 6.07) is 27.1. The lowest BCUT2D eigenvalue weighted by Crippen LogP contribution is -2.17. The number of benzene rings is 3. The normalized spacial score (nSPS) is 11.5. The van der Waals surface area contributed by atoms with E-state index in [1.54, 1.807) is 36.4 Å². The monoisotopic (exact) mass is 427 g/mol. The average molecular weight is 427 g/mol. The summed E-state index contributed by atoms with van der Waals surface area (Å²) in [6.45, 7) is 0. The van der Waals surface area contributed by atoms with Gasteiger partial charge in [0.2, 0.25) is 10.8 Å². The van der Waals surface area contributed by atoms with Gasteiger partial charge in [0.05, 0.1) is 11.4 Å². The van der Waals surface area contributed by atoms with Crippen molar-refractivity contribution in [1.29, 1.82) is 0 Å². The molecule has 152 valence electrons. The van der Waals surface area contributed by atoms with Crippen LogP contribution in [-0.2, 0) is 0 Å². The van der Waals surface area contributed by atoms with Crippen LogP contribution < -0.4 is 5.43 Å². The van der Waals surface area contributed by atoms with E-state index in [-0.39, 0.29) is 27.4 Å². The van der Waals surface area contributed by atoms with Gasteiger partial charge in [0, 0.05) is 5.56 Å². The molecule has 0 aliphatic carbocycles. The summed E-state index contributed by atoms with van der Waals surface area (Å²) >= 11 is 1.03. The molecule has 0 atom stereocenters. The van der Waals surface area contributed by atoms with E-state index in [4.69, 9.17) is 0 Å². The fourth-order valence-electron chi connectivity index (χ4n) is 2.62. The van der Waals surface area contributed by atoms with Crippen molar-refractivity contribution in [3.8, 4) is 5.88 Å². The second-order valence-corrected chi connectivity index (χ2v) is 7.29. The zero-order chi connectivity index (χ0) is 21.5. The topological polar surface area (TPSA) is 99.3 Å². The van der Waals surface area contributed by atoms with E-state index in [1.165, 1.54) is 0 Å². The second kappa shape index (κ2) is 9.55. The van der Waals surface area contributed by atoms with Crippen molar-refractivity contribution < 1.29 is 9.90 Å². The van der Waals surface area contributed by atoms with Gasteiger partial charge in [0.25, 0.3) is 5.88 Å². The minimum atomic E-state index is -0.329. The van der Waals surface area contributed by atoms with E-state index in [2.05, 4.69) is 25.7 Å². The van der Waals surface area contributed by atoms with Crippen LogP contribution >= 0.6 is 11.3 Å². The standard InChI is InChI=1S/C23H17N5O2S/c29-20(16-10-4-1-5-11-16)19(27-25-17-12-6-2-7-13-17)22-24-21(30)23(31-22)28-26-18-14-8-3-9-15-18/h1-15,25,30H. The molecular formula is C23H17N5O2S. The summed E-state index contributed by atoms with van der Waals surface area (Å²) in [7, 11) is 0. The van der Waals surface area contributed by atoms with Crippen molar-refractivity contribution in [2.24, 2.45) is 15.3 Å². The Morgan fingerprint density at radius 3 is 2.13 bits per heavy atom. The predicted molar refractivity (Wildman–Crippen MR) is 122 cm³/mol. The molecule has 0 aliphatic heterocycles. The van der Waals surface area contributed by atoms with E-state index < -0.39 is 0 Å². The molecular weight excluding hydrogens is 410 g/mol. The molecule has 0 aliphatic rings. The Bertz CT molecular complexity index is 1220. The van der Waals surface area contributed by atoms with Crippen LogP contribution in [0.2, 0.25) is 0 Å². The molecule has 4 rings (SSSR count). The number of carbonyl (C=O) groups is 1. The van der Waals surface area contributed by atoms with Crippen LogP contribution in [0.4, 0.5) is 16.4 Å². The first-order valence-electron chi connectivity index (χ1n) is 9.36. The minimum absolute atomic E-state index is 0.0662. The van der Waals surface area contributed by atoms with E-state index >= 15 is 0 Å². The Kier molecular flexibility index (Phi) is 6.20. The SMILES string of the molecule is O=C(C(=NNc1ccccc1)c1nc(O)c(N=Nc2ccccc2)s1)c1ccccc1. The number of hydrogen-bond donors (Lipinski definition) is 2. The molecule has 0 bridgehead atoms. The molecule has 0 unspecified atom stereocenters. The fourth-order valence-corrected chi connectivity index (χ4v) is 3.39. The lowest BCUT2D eigenvalue weighted by atomic mass is 10.1. The molecule has 4 aromatic rings. The first kappa shape index (κ1) is 20.1. The van der Waals surface area contributed by atoms with Gasteiger partial charge in [-0.15, -0.1) is 10.2 Å². The number of aromatic hydroxyl groups is 1. The number of anilines is 1. The largest absolute Gasteiger partial charge is 0.491 e. The summed E-state index contributed by atoms with van der Waals surface area (Å²) in [5.74, 6) is -0.641. The van der Waals surface area contributed by atoms with Crippen molar-refractivity contribution >= 4 is 39.2 Å². The number of hydrogen-bond acceptors (Lipinski definition) is 8. The molecule has 0 saturated carbocycles. The van der Waals surface area contributed by atoms with E-state index in [9.17, 15) is 9.90 Å². The number of ketones is 1. The molecule has 0 saturated heterocycles. The molecule has 1 aromatic heterocycles. The Hall–Kier alpha value is -4.17. The van der Waals surface area contributed by atoms with Gasteiger partial charge in [-0.1, -0.05) is 78.1 Å². The van der Waals surface area contributed by atoms with Gasteiger partial charge in [-0.2, -0.15) is 10.1 Å². The lowest BCUT2D eigenvalue weighted by molar-refractivity contribution is 0.106. The highest BCUT2D eigenvalue weighted by atomic mass is 32.1. The predicted octanol–water partition coefficient (Wildman–Crippen LogP) is 5.96. The molecule has 7 nitrogen and oxygen atoms in total. The number of nitrogens with zero attached hydrogens (tertiary/aromatic N) is 4. The third-order valence-corrected chi connectivity index (χ3v) is 5.06. The number of aromatic nitrogens is 1. The Morgan fingerprint density at radius 1 is 0.839 bits per heavy atom. The van der Waals surface area contributed by atoms with Gasteiger partial charge in [-0.3, -0.25) is 10.2 Å². The number of thiazole rings is 1. The van der Waals surface area contributed by atoms with Crippen LogP contribution in [0.3, 0.4) is 0 Å². The molecule has 0 spiro atoms. The Morgan fingerprint density at radius 2 is 1.45 bits per heavy atom. The molecule has 2 N–H and O–H groups in total. The number of para-hydroxylation sites is 1. The van der Waals surface area contributed by atoms with E-state index in [0.717, 1.165) is 11.3 Å². The molecule has 1 heterocycles. The number of azo groups is 1. The molecule has 0 amide bonds. The van der Waals surface area contributed by atoms with Crippen LogP contribution in [-0.4, -0.2) is 21.6 Å². The summed E-state index contributed by atoms with van der Waals surface area (Å²) < 4.78 is 0. The minimum Gasteiger partial charge on any atom is -0.491 e. The van der Waals surface area contributed by atoms with Crippen molar-refractivity contribution in [3.05, 3.63) is 102 Å². The van der Waals surface area contributed by atoms with Crippen molar-refractivity contribution in [3.63, 3.8) is 0 Å². The zero-order valence-electron chi connectivity index (χ0n) is 16.2. The lowest BCUT2D eigenvalue weighted by Gasteiger charge is -2.05.